The van der Waals surface area contributed by atoms with Crippen LogP contribution in [-0.2, 0) is 11.3 Å². The van der Waals surface area contributed by atoms with Crippen molar-refractivity contribution in [2.75, 3.05) is 13.2 Å². The highest BCUT2D eigenvalue weighted by atomic mass is 16.5. The number of hydrogen-bond acceptors (Lipinski definition) is 4. The molecule has 2 heterocycles. The van der Waals surface area contributed by atoms with E-state index in [1.54, 1.807) is 0 Å². The summed E-state index contributed by atoms with van der Waals surface area (Å²) in [5.74, 6) is 1.38. The van der Waals surface area contributed by atoms with Gasteiger partial charge in [-0.1, -0.05) is 31.2 Å². The highest BCUT2D eigenvalue weighted by Gasteiger charge is 2.19. The fraction of sp³-hybridized carbons (Fsp3) is 0.333. The molecule has 0 bridgehead atoms. The fourth-order valence-corrected chi connectivity index (χ4v) is 3.98. The van der Waals surface area contributed by atoms with Crippen molar-refractivity contribution in [3.05, 3.63) is 59.3 Å². The van der Waals surface area contributed by atoms with Crippen LogP contribution in [0.1, 0.15) is 42.6 Å². The summed E-state index contributed by atoms with van der Waals surface area (Å²) in [5.41, 5.74) is 3.30. The SMILES string of the molecule is CC[C@@H](NC(=O)Cn1c(C)c(C#N)c2ccccc21)c1ccc2c(c1)OCCCO2. The molecule has 1 atom stereocenters. The van der Waals surface area contributed by atoms with Crippen LogP contribution >= 0.6 is 0 Å². The van der Waals surface area contributed by atoms with Gasteiger partial charge < -0.3 is 19.4 Å². The van der Waals surface area contributed by atoms with Crippen LogP contribution in [-0.4, -0.2) is 23.7 Å². The number of rotatable bonds is 5. The van der Waals surface area contributed by atoms with Gasteiger partial charge in [-0.05, 0) is 37.1 Å². The van der Waals surface area contributed by atoms with Crippen LogP contribution in [0.15, 0.2) is 42.5 Å². The van der Waals surface area contributed by atoms with Gasteiger partial charge in [0.15, 0.2) is 11.5 Å². The molecule has 4 rings (SSSR count). The van der Waals surface area contributed by atoms with Gasteiger partial charge in [-0.15, -0.1) is 0 Å². The molecule has 0 unspecified atom stereocenters. The zero-order valence-electron chi connectivity index (χ0n) is 17.3. The summed E-state index contributed by atoms with van der Waals surface area (Å²) < 4.78 is 13.4. The Morgan fingerprint density at radius 2 is 1.97 bits per heavy atom. The van der Waals surface area contributed by atoms with Crippen molar-refractivity contribution in [1.29, 1.82) is 5.26 Å². The average Bonchev–Trinajstić information content (AvgIpc) is 2.90. The minimum absolute atomic E-state index is 0.0951. The predicted octanol–water partition coefficient (Wildman–Crippen LogP) is 4.25. The minimum atomic E-state index is -0.132. The molecule has 0 saturated carbocycles. The Bertz CT molecular complexity index is 1130. The maximum absolute atomic E-state index is 12.9. The van der Waals surface area contributed by atoms with Crippen molar-refractivity contribution in [1.82, 2.24) is 9.88 Å². The molecule has 1 aliphatic heterocycles. The summed E-state index contributed by atoms with van der Waals surface area (Å²) in [6, 6.07) is 15.7. The number of aromatic nitrogens is 1. The normalized spacial score (nSPS) is 14.0. The van der Waals surface area contributed by atoms with E-state index in [0.29, 0.717) is 18.8 Å². The first-order valence-electron chi connectivity index (χ1n) is 10.3. The smallest absolute Gasteiger partial charge is 0.240 e. The van der Waals surface area contributed by atoms with E-state index in [-0.39, 0.29) is 18.5 Å². The van der Waals surface area contributed by atoms with Gasteiger partial charge in [-0.25, -0.2) is 0 Å². The molecule has 3 aromatic rings. The molecular weight excluding hydrogens is 378 g/mol. The summed E-state index contributed by atoms with van der Waals surface area (Å²) in [5, 5.41) is 13.5. The highest BCUT2D eigenvalue weighted by Crippen LogP contribution is 2.33. The second kappa shape index (κ2) is 8.50. The Morgan fingerprint density at radius 3 is 2.73 bits per heavy atom. The number of carbonyl (C=O) groups is 1. The van der Waals surface area contributed by atoms with Gasteiger partial charge in [0.2, 0.25) is 5.91 Å². The van der Waals surface area contributed by atoms with E-state index in [4.69, 9.17) is 9.47 Å². The lowest BCUT2D eigenvalue weighted by molar-refractivity contribution is -0.122. The van der Waals surface area contributed by atoms with E-state index in [1.807, 2.05) is 60.9 Å². The van der Waals surface area contributed by atoms with Crippen LogP contribution in [0.2, 0.25) is 0 Å². The molecule has 6 nitrogen and oxygen atoms in total. The summed E-state index contributed by atoms with van der Waals surface area (Å²) in [6.07, 6.45) is 1.60. The van der Waals surface area contributed by atoms with E-state index in [9.17, 15) is 10.1 Å². The van der Waals surface area contributed by atoms with Crippen molar-refractivity contribution in [3.63, 3.8) is 0 Å². The maximum atomic E-state index is 12.9. The maximum Gasteiger partial charge on any atom is 0.240 e. The quantitative estimate of drug-likeness (QED) is 0.691. The van der Waals surface area contributed by atoms with Gasteiger partial charge >= 0.3 is 0 Å². The Labute approximate surface area is 176 Å². The number of hydrogen-bond donors (Lipinski definition) is 1. The Hall–Kier alpha value is -3.46. The van der Waals surface area contributed by atoms with Crippen molar-refractivity contribution in [2.45, 2.75) is 39.3 Å². The largest absolute Gasteiger partial charge is 0.490 e. The van der Waals surface area contributed by atoms with E-state index >= 15 is 0 Å². The first kappa shape index (κ1) is 19.8. The molecule has 0 saturated heterocycles. The summed E-state index contributed by atoms with van der Waals surface area (Å²) >= 11 is 0. The number of para-hydroxylation sites is 1. The summed E-state index contributed by atoms with van der Waals surface area (Å²) in [4.78, 5) is 12.9. The number of nitriles is 1. The molecule has 0 spiro atoms. The lowest BCUT2D eigenvalue weighted by Gasteiger charge is -2.20. The average molecular weight is 403 g/mol. The van der Waals surface area contributed by atoms with Gasteiger partial charge in [-0.3, -0.25) is 4.79 Å². The van der Waals surface area contributed by atoms with Crippen LogP contribution in [0.3, 0.4) is 0 Å². The summed E-state index contributed by atoms with van der Waals surface area (Å²) in [7, 11) is 0. The predicted molar refractivity (Wildman–Crippen MR) is 115 cm³/mol. The number of ether oxygens (including phenoxy) is 2. The number of carbonyl (C=O) groups excluding carboxylic acids is 1. The lowest BCUT2D eigenvalue weighted by Crippen LogP contribution is -2.31. The molecule has 1 N–H and O–H groups in total. The second-order valence-corrected chi connectivity index (χ2v) is 7.46. The van der Waals surface area contributed by atoms with Crippen LogP contribution in [0, 0.1) is 18.3 Å². The van der Waals surface area contributed by atoms with Crippen LogP contribution < -0.4 is 14.8 Å². The molecule has 154 valence electrons. The van der Waals surface area contributed by atoms with E-state index in [1.165, 1.54) is 0 Å². The minimum Gasteiger partial charge on any atom is -0.490 e. The second-order valence-electron chi connectivity index (χ2n) is 7.46. The number of amides is 1. The number of benzene rings is 2. The topological polar surface area (TPSA) is 76.3 Å². The number of nitrogens with zero attached hydrogens (tertiary/aromatic N) is 2. The first-order valence-corrected chi connectivity index (χ1v) is 10.3. The van der Waals surface area contributed by atoms with E-state index < -0.39 is 0 Å². The lowest BCUT2D eigenvalue weighted by atomic mass is 10.0. The van der Waals surface area contributed by atoms with Crippen LogP contribution in [0.4, 0.5) is 0 Å². The highest BCUT2D eigenvalue weighted by molar-refractivity contribution is 5.89. The van der Waals surface area contributed by atoms with Gasteiger partial charge in [0.05, 0.1) is 30.3 Å². The van der Waals surface area contributed by atoms with Gasteiger partial charge in [0.25, 0.3) is 0 Å². The Kier molecular flexibility index (Phi) is 5.62. The van der Waals surface area contributed by atoms with E-state index in [0.717, 1.165) is 46.5 Å². The molecule has 2 aromatic carbocycles. The first-order chi connectivity index (χ1) is 14.6. The fourth-order valence-electron chi connectivity index (χ4n) is 3.98. The molecular formula is C24H25N3O3. The number of fused-ring (bicyclic) bond motifs is 2. The molecule has 0 radical (unpaired) electrons. The van der Waals surface area contributed by atoms with Gasteiger partial charge in [-0.2, -0.15) is 5.26 Å². The molecule has 1 amide bonds. The van der Waals surface area contributed by atoms with Gasteiger partial charge in [0.1, 0.15) is 12.6 Å². The van der Waals surface area contributed by atoms with Crippen molar-refractivity contribution >= 4 is 16.8 Å². The zero-order valence-corrected chi connectivity index (χ0v) is 17.3. The standard InChI is InChI=1S/C24H25N3O3/c1-3-20(17-9-10-22-23(13-17)30-12-6-11-29-22)26-24(28)15-27-16(2)19(14-25)18-7-4-5-8-21(18)27/h4-5,7-10,13,20H,3,6,11-12,15H2,1-2H3,(H,26,28)/t20-/m1/s1. The Morgan fingerprint density at radius 1 is 1.20 bits per heavy atom. The molecule has 6 heteroatoms. The van der Waals surface area contributed by atoms with Crippen molar-refractivity contribution in [3.8, 4) is 17.6 Å². The Balaban J connectivity index is 1.55. The summed E-state index contributed by atoms with van der Waals surface area (Å²) in [6.45, 7) is 5.36. The third kappa shape index (κ3) is 3.71. The van der Waals surface area contributed by atoms with Gasteiger partial charge in [0, 0.05) is 17.5 Å². The number of nitrogens with one attached hydrogen (secondary N) is 1. The van der Waals surface area contributed by atoms with E-state index in [2.05, 4.69) is 11.4 Å². The third-order valence-corrected chi connectivity index (χ3v) is 5.56. The monoisotopic (exact) mass is 403 g/mol. The molecule has 1 aromatic heterocycles. The van der Waals surface area contributed by atoms with Crippen LogP contribution in [0.5, 0.6) is 11.5 Å². The zero-order chi connectivity index (χ0) is 21.1. The molecule has 0 fully saturated rings. The third-order valence-electron chi connectivity index (χ3n) is 5.56. The molecule has 30 heavy (non-hydrogen) atoms. The van der Waals surface area contributed by atoms with Crippen LogP contribution in [0.25, 0.3) is 10.9 Å². The van der Waals surface area contributed by atoms with Crippen molar-refractivity contribution < 1.29 is 14.3 Å². The van der Waals surface area contributed by atoms with Crippen molar-refractivity contribution in [2.24, 2.45) is 0 Å². The molecule has 1 aliphatic rings. The molecule has 0 aliphatic carbocycles.